The van der Waals surface area contributed by atoms with Crippen molar-refractivity contribution < 1.29 is 18.3 Å². The van der Waals surface area contributed by atoms with Crippen LogP contribution in [0, 0.1) is 6.92 Å². The zero-order valence-corrected chi connectivity index (χ0v) is 18.5. The Kier molecular flexibility index (Phi) is 10.6. The number of guanidine groups is 1. The molecule has 2 aromatic rings. The van der Waals surface area contributed by atoms with E-state index in [0.717, 1.165) is 11.1 Å². The predicted molar refractivity (Wildman–Crippen MR) is 118 cm³/mol. The first-order chi connectivity index (χ1) is 13.0. The zero-order valence-electron chi connectivity index (χ0n) is 16.2. The average molecular weight is 505 g/mol. The molecule has 0 saturated carbocycles. The minimum atomic E-state index is -2.89. The maximum Gasteiger partial charge on any atom is 0.387 e. The summed E-state index contributed by atoms with van der Waals surface area (Å²) in [7, 11) is 3.12. The fraction of sp³-hybridized carbons (Fsp3) is 0.350. The van der Waals surface area contributed by atoms with Crippen molar-refractivity contribution >= 4 is 29.9 Å². The van der Waals surface area contributed by atoms with Crippen LogP contribution in [0.15, 0.2) is 47.5 Å². The van der Waals surface area contributed by atoms with Crippen LogP contribution in [0.5, 0.6) is 11.5 Å². The van der Waals surface area contributed by atoms with Gasteiger partial charge in [-0.05, 0) is 36.6 Å². The molecule has 0 saturated heterocycles. The normalized spacial score (nSPS) is 11.0. The maximum atomic E-state index is 12.5. The molecular formula is C20H26F2IN3O2. The molecule has 154 valence electrons. The minimum absolute atomic E-state index is 0. The third-order valence-corrected chi connectivity index (χ3v) is 3.95. The Morgan fingerprint density at radius 3 is 2.32 bits per heavy atom. The fourth-order valence-corrected chi connectivity index (χ4v) is 2.50. The molecule has 0 aromatic heterocycles. The SMILES string of the molecule is CN=C(NCCc1ccc(OC)c(OC(F)F)c1)NCc1ccc(C)cc1.I. The van der Waals surface area contributed by atoms with Gasteiger partial charge in [-0.25, -0.2) is 0 Å². The molecule has 2 N–H and O–H groups in total. The highest BCUT2D eigenvalue weighted by molar-refractivity contribution is 14.0. The van der Waals surface area contributed by atoms with E-state index in [-0.39, 0.29) is 35.5 Å². The van der Waals surface area contributed by atoms with Gasteiger partial charge in [0.1, 0.15) is 0 Å². The quantitative estimate of drug-likeness (QED) is 0.322. The smallest absolute Gasteiger partial charge is 0.387 e. The number of hydrogen-bond donors (Lipinski definition) is 2. The lowest BCUT2D eigenvalue weighted by atomic mass is 10.1. The number of ether oxygens (including phenoxy) is 2. The second-order valence-electron chi connectivity index (χ2n) is 5.95. The van der Waals surface area contributed by atoms with Crippen LogP contribution in [-0.2, 0) is 13.0 Å². The van der Waals surface area contributed by atoms with Gasteiger partial charge in [0.05, 0.1) is 7.11 Å². The van der Waals surface area contributed by atoms with Gasteiger partial charge in [-0.15, -0.1) is 24.0 Å². The van der Waals surface area contributed by atoms with E-state index in [1.165, 1.54) is 12.7 Å². The van der Waals surface area contributed by atoms with Crippen LogP contribution in [-0.4, -0.2) is 33.3 Å². The van der Waals surface area contributed by atoms with Crippen LogP contribution < -0.4 is 20.1 Å². The Balaban J connectivity index is 0.00000392. The van der Waals surface area contributed by atoms with Gasteiger partial charge in [0.15, 0.2) is 17.5 Å². The molecule has 28 heavy (non-hydrogen) atoms. The van der Waals surface area contributed by atoms with Gasteiger partial charge in [-0.2, -0.15) is 8.78 Å². The highest BCUT2D eigenvalue weighted by Crippen LogP contribution is 2.29. The molecule has 8 heteroatoms. The van der Waals surface area contributed by atoms with E-state index in [1.54, 1.807) is 19.2 Å². The fourth-order valence-electron chi connectivity index (χ4n) is 2.50. The summed E-state index contributed by atoms with van der Waals surface area (Å²) in [4.78, 5) is 4.19. The number of methoxy groups -OCH3 is 1. The van der Waals surface area contributed by atoms with Crippen molar-refractivity contribution in [2.75, 3.05) is 20.7 Å². The summed E-state index contributed by atoms with van der Waals surface area (Å²) in [6.45, 7) is 0.411. The van der Waals surface area contributed by atoms with Gasteiger partial charge in [0.2, 0.25) is 0 Å². The Hall–Kier alpha value is -2.10. The van der Waals surface area contributed by atoms with Crippen molar-refractivity contribution in [1.82, 2.24) is 10.6 Å². The van der Waals surface area contributed by atoms with Crippen LogP contribution in [0.25, 0.3) is 0 Å². The Morgan fingerprint density at radius 1 is 1.04 bits per heavy atom. The summed E-state index contributed by atoms with van der Waals surface area (Å²) in [6.07, 6.45) is 0.620. The number of hydrogen-bond acceptors (Lipinski definition) is 3. The number of aliphatic imine (C=N–C) groups is 1. The van der Waals surface area contributed by atoms with E-state index in [0.29, 0.717) is 25.5 Å². The first-order valence-electron chi connectivity index (χ1n) is 8.63. The molecule has 0 aliphatic heterocycles. The summed E-state index contributed by atoms with van der Waals surface area (Å²) < 4.78 is 34.6. The van der Waals surface area contributed by atoms with Crippen LogP contribution >= 0.6 is 24.0 Å². The van der Waals surface area contributed by atoms with Gasteiger partial charge >= 0.3 is 6.61 Å². The van der Waals surface area contributed by atoms with Gasteiger partial charge in [-0.1, -0.05) is 35.9 Å². The lowest BCUT2D eigenvalue weighted by Crippen LogP contribution is -2.37. The number of nitrogens with one attached hydrogen (secondary N) is 2. The van der Waals surface area contributed by atoms with Crippen LogP contribution in [0.4, 0.5) is 8.78 Å². The van der Waals surface area contributed by atoms with E-state index in [2.05, 4.69) is 51.6 Å². The summed E-state index contributed by atoms with van der Waals surface area (Å²) in [5, 5.41) is 6.45. The molecule has 2 aromatic carbocycles. The summed E-state index contributed by atoms with van der Waals surface area (Å²) in [5.41, 5.74) is 3.23. The van der Waals surface area contributed by atoms with E-state index in [9.17, 15) is 8.78 Å². The molecule has 2 rings (SSSR count). The standard InChI is InChI=1S/C20H25F2N3O2.HI/c1-14-4-6-16(7-5-14)13-25-20(23-2)24-11-10-15-8-9-17(26-3)18(12-15)27-19(21)22;/h4-9,12,19H,10-11,13H2,1-3H3,(H2,23,24,25);1H. The third-order valence-electron chi connectivity index (χ3n) is 3.95. The Labute approximate surface area is 181 Å². The number of rotatable bonds is 8. The lowest BCUT2D eigenvalue weighted by molar-refractivity contribution is -0.0512. The minimum Gasteiger partial charge on any atom is -0.493 e. The number of nitrogens with zero attached hydrogens (tertiary/aromatic N) is 1. The summed E-state index contributed by atoms with van der Waals surface area (Å²) in [5.74, 6) is 0.989. The molecule has 0 heterocycles. The number of aryl methyl sites for hydroxylation is 1. The van der Waals surface area contributed by atoms with Gasteiger partial charge < -0.3 is 20.1 Å². The number of alkyl halides is 2. The van der Waals surface area contributed by atoms with Gasteiger partial charge in [0, 0.05) is 20.1 Å². The molecule has 0 aliphatic rings. The van der Waals surface area contributed by atoms with Crippen molar-refractivity contribution in [3.8, 4) is 11.5 Å². The molecular weight excluding hydrogens is 479 g/mol. The molecule has 5 nitrogen and oxygen atoms in total. The van der Waals surface area contributed by atoms with E-state index < -0.39 is 6.61 Å². The van der Waals surface area contributed by atoms with Crippen LogP contribution in [0.2, 0.25) is 0 Å². The zero-order chi connectivity index (χ0) is 19.6. The Bertz CT molecular complexity index is 756. The van der Waals surface area contributed by atoms with Gasteiger partial charge in [-0.3, -0.25) is 4.99 Å². The lowest BCUT2D eigenvalue weighted by Gasteiger charge is -2.14. The predicted octanol–water partition coefficient (Wildman–Crippen LogP) is 4.13. The molecule has 0 bridgehead atoms. The molecule has 0 amide bonds. The molecule has 0 aliphatic carbocycles. The first-order valence-corrected chi connectivity index (χ1v) is 8.63. The molecule has 0 radical (unpaired) electrons. The summed E-state index contributed by atoms with van der Waals surface area (Å²) >= 11 is 0. The van der Waals surface area contributed by atoms with Crippen LogP contribution in [0.3, 0.4) is 0 Å². The monoisotopic (exact) mass is 505 g/mol. The largest absolute Gasteiger partial charge is 0.493 e. The number of halogens is 3. The average Bonchev–Trinajstić information content (AvgIpc) is 2.65. The van der Waals surface area contributed by atoms with Crippen molar-refractivity contribution in [3.05, 3.63) is 59.2 Å². The molecule has 0 fully saturated rings. The highest BCUT2D eigenvalue weighted by atomic mass is 127. The number of benzene rings is 2. The van der Waals surface area contributed by atoms with Crippen molar-refractivity contribution in [1.29, 1.82) is 0 Å². The van der Waals surface area contributed by atoms with E-state index in [4.69, 9.17) is 4.74 Å². The van der Waals surface area contributed by atoms with Crippen molar-refractivity contribution in [2.45, 2.75) is 26.5 Å². The second kappa shape index (κ2) is 12.4. The van der Waals surface area contributed by atoms with Crippen molar-refractivity contribution in [3.63, 3.8) is 0 Å². The van der Waals surface area contributed by atoms with Gasteiger partial charge in [0.25, 0.3) is 0 Å². The van der Waals surface area contributed by atoms with Crippen LogP contribution in [0.1, 0.15) is 16.7 Å². The van der Waals surface area contributed by atoms with Crippen molar-refractivity contribution in [2.24, 2.45) is 4.99 Å². The summed E-state index contributed by atoms with van der Waals surface area (Å²) in [6, 6.07) is 13.3. The topological polar surface area (TPSA) is 54.9 Å². The maximum absolute atomic E-state index is 12.5. The molecule has 0 unspecified atom stereocenters. The third kappa shape index (κ3) is 7.87. The Morgan fingerprint density at radius 2 is 1.71 bits per heavy atom. The molecule has 0 atom stereocenters. The second-order valence-corrected chi connectivity index (χ2v) is 5.95. The highest BCUT2D eigenvalue weighted by Gasteiger charge is 2.11. The first kappa shape index (κ1) is 23.9. The molecule has 0 spiro atoms. The van der Waals surface area contributed by atoms with E-state index in [1.807, 2.05) is 6.07 Å². The van der Waals surface area contributed by atoms with E-state index >= 15 is 0 Å².